The number of halogens is 3. The van der Waals surface area contributed by atoms with Gasteiger partial charge in [0.05, 0.1) is 11.6 Å². The average molecular weight is 605 g/mol. The van der Waals surface area contributed by atoms with Crippen molar-refractivity contribution < 1.29 is 18.3 Å². The molecule has 9 rings (SSSR count). The van der Waals surface area contributed by atoms with Gasteiger partial charge in [-0.25, -0.2) is 13.8 Å². The minimum Gasteiger partial charge on any atom is -0.475 e. The van der Waals surface area contributed by atoms with Crippen molar-refractivity contribution >= 4 is 39.1 Å². The number of nitrogens with one attached hydrogen (secondary N) is 1. The molecule has 3 unspecified atom stereocenters. The van der Waals surface area contributed by atoms with Crippen LogP contribution in [0.25, 0.3) is 32.9 Å². The number of anilines is 1. The largest absolute Gasteiger partial charge is 0.475 e. The van der Waals surface area contributed by atoms with Crippen LogP contribution in [0.2, 0.25) is 5.02 Å². The molecular formula is C32H31ClF2N6O2. The Balaban J connectivity index is 1.22. The number of piperazine rings is 1. The minimum absolute atomic E-state index is 0.00320. The van der Waals surface area contributed by atoms with Gasteiger partial charge in [0.1, 0.15) is 41.8 Å². The number of alkyl halides is 1. The number of fused-ring (bicyclic) bond motifs is 7. The van der Waals surface area contributed by atoms with E-state index in [-0.39, 0.29) is 41.5 Å². The van der Waals surface area contributed by atoms with Crippen LogP contribution >= 0.6 is 11.6 Å². The third-order valence-electron chi connectivity index (χ3n) is 10.3. The summed E-state index contributed by atoms with van der Waals surface area (Å²) in [5, 5.41) is 6.27. The van der Waals surface area contributed by atoms with Gasteiger partial charge in [0.15, 0.2) is 5.82 Å². The standard InChI is InChI=1S/C32H31ClF2N6O2/c33-21-7-2-5-17-4-1-6-20(24(17)21)27-26(35)28-25-29(41-14-19-8-9-22(36-19)23(41)15-42-30(25)37-27)39-31(38-28)43-16-32-10-3-11-40(32)13-18(34)12-32/h1-2,4-7,18-19,22-23,36H,3,8-16H2/t18-,19?,22?,23?,32+/m1/s1. The first-order valence-electron chi connectivity index (χ1n) is 15.2. The maximum absolute atomic E-state index is 16.8. The van der Waals surface area contributed by atoms with Crippen molar-refractivity contribution in [3.05, 3.63) is 47.2 Å². The van der Waals surface area contributed by atoms with Gasteiger partial charge >= 0.3 is 6.01 Å². The van der Waals surface area contributed by atoms with Crippen LogP contribution in [-0.2, 0) is 0 Å². The molecule has 222 valence electrons. The SMILES string of the molecule is Fc1c(-c2cccc3cccc(Cl)c23)nc2c3c(nc(OC[C@@]45CCCN4C[C@H](F)C5)nc13)N1CC3CCC(N3)C1CO2. The lowest BCUT2D eigenvalue weighted by molar-refractivity contribution is 0.107. The highest BCUT2D eigenvalue weighted by Crippen LogP contribution is 2.45. The van der Waals surface area contributed by atoms with Gasteiger partial charge in [-0.3, -0.25) is 4.90 Å². The molecule has 11 heteroatoms. The quantitative estimate of drug-likeness (QED) is 0.337. The number of hydrogen-bond donors (Lipinski definition) is 1. The number of rotatable bonds is 4. The fraction of sp³-hybridized carbons (Fsp3) is 0.469. The van der Waals surface area contributed by atoms with Crippen molar-refractivity contribution in [2.75, 3.05) is 37.7 Å². The van der Waals surface area contributed by atoms with Crippen molar-refractivity contribution in [3.63, 3.8) is 0 Å². The Morgan fingerprint density at radius 2 is 1.98 bits per heavy atom. The van der Waals surface area contributed by atoms with Crippen LogP contribution in [0.4, 0.5) is 14.6 Å². The summed E-state index contributed by atoms with van der Waals surface area (Å²) in [7, 11) is 0. The smallest absolute Gasteiger partial charge is 0.319 e. The van der Waals surface area contributed by atoms with Crippen molar-refractivity contribution in [1.82, 2.24) is 25.2 Å². The summed E-state index contributed by atoms with van der Waals surface area (Å²) in [6.45, 7) is 2.65. The van der Waals surface area contributed by atoms with Crippen molar-refractivity contribution in [1.29, 1.82) is 0 Å². The minimum atomic E-state index is -0.874. The molecule has 4 aromatic rings. The maximum atomic E-state index is 16.8. The second-order valence-electron chi connectivity index (χ2n) is 12.7. The second-order valence-corrected chi connectivity index (χ2v) is 13.1. The Morgan fingerprint density at radius 1 is 1.09 bits per heavy atom. The van der Waals surface area contributed by atoms with E-state index in [2.05, 4.69) is 20.1 Å². The molecule has 7 heterocycles. The van der Waals surface area contributed by atoms with Crippen LogP contribution in [0.3, 0.4) is 0 Å². The predicted molar refractivity (Wildman–Crippen MR) is 160 cm³/mol. The Labute approximate surface area is 252 Å². The lowest BCUT2D eigenvalue weighted by Crippen LogP contribution is -2.60. The molecule has 2 aromatic heterocycles. The van der Waals surface area contributed by atoms with Gasteiger partial charge in [0.2, 0.25) is 5.88 Å². The van der Waals surface area contributed by atoms with E-state index in [4.69, 9.17) is 31.0 Å². The molecule has 0 saturated carbocycles. The Bertz CT molecular complexity index is 1790. The molecule has 5 aliphatic rings. The van der Waals surface area contributed by atoms with Crippen LogP contribution in [0.15, 0.2) is 36.4 Å². The van der Waals surface area contributed by atoms with E-state index in [1.807, 2.05) is 30.3 Å². The topological polar surface area (TPSA) is 75.6 Å². The fourth-order valence-electron chi connectivity index (χ4n) is 8.30. The van der Waals surface area contributed by atoms with Gasteiger partial charge in [0.25, 0.3) is 0 Å². The van der Waals surface area contributed by atoms with Crippen LogP contribution in [0, 0.1) is 5.82 Å². The zero-order valence-corrected chi connectivity index (χ0v) is 24.3. The first-order valence-corrected chi connectivity index (χ1v) is 15.6. The number of aromatic nitrogens is 3. The van der Waals surface area contributed by atoms with E-state index in [0.717, 1.165) is 44.2 Å². The summed E-state index contributed by atoms with van der Waals surface area (Å²) in [5.41, 5.74) is 0.408. The summed E-state index contributed by atoms with van der Waals surface area (Å²) in [5.74, 6) is 0.310. The van der Waals surface area contributed by atoms with E-state index in [9.17, 15) is 4.39 Å². The number of ether oxygens (including phenoxy) is 2. The van der Waals surface area contributed by atoms with Gasteiger partial charge < -0.3 is 19.7 Å². The molecule has 1 N–H and O–H groups in total. The lowest BCUT2D eigenvalue weighted by atomic mass is 9.95. The third-order valence-corrected chi connectivity index (χ3v) is 10.6. The summed E-state index contributed by atoms with van der Waals surface area (Å²) >= 11 is 6.65. The maximum Gasteiger partial charge on any atom is 0.319 e. The number of pyridine rings is 1. The molecule has 4 saturated heterocycles. The van der Waals surface area contributed by atoms with E-state index in [1.165, 1.54) is 0 Å². The zero-order valence-electron chi connectivity index (χ0n) is 23.5. The number of hydrogen-bond acceptors (Lipinski definition) is 8. The average Bonchev–Trinajstić information content (AvgIpc) is 3.64. The normalized spacial score (nSPS) is 29.5. The van der Waals surface area contributed by atoms with E-state index in [0.29, 0.717) is 58.7 Å². The van der Waals surface area contributed by atoms with Crippen LogP contribution in [0.5, 0.6) is 11.9 Å². The van der Waals surface area contributed by atoms with Crippen molar-refractivity contribution in [3.8, 4) is 23.1 Å². The number of benzene rings is 2. The monoisotopic (exact) mass is 604 g/mol. The van der Waals surface area contributed by atoms with Crippen LogP contribution in [0.1, 0.15) is 32.1 Å². The van der Waals surface area contributed by atoms with E-state index in [1.54, 1.807) is 6.07 Å². The van der Waals surface area contributed by atoms with Crippen LogP contribution in [-0.4, -0.2) is 82.5 Å². The molecule has 0 spiro atoms. The van der Waals surface area contributed by atoms with Crippen molar-refractivity contribution in [2.45, 2.75) is 61.9 Å². The Kier molecular flexibility index (Phi) is 5.81. The molecule has 5 atom stereocenters. The third kappa shape index (κ3) is 3.95. The first-order chi connectivity index (χ1) is 21.0. The van der Waals surface area contributed by atoms with Gasteiger partial charge in [-0.05, 0) is 43.7 Å². The molecular weight excluding hydrogens is 574 g/mol. The van der Waals surface area contributed by atoms with E-state index >= 15 is 4.39 Å². The second kappa shape index (κ2) is 9.58. The van der Waals surface area contributed by atoms with Crippen molar-refractivity contribution in [2.24, 2.45) is 0 Å². The first kappa shape index (κ1) is 26.1. The highest BCUT2D eigenvalue weighted by Gasteiger charge is 2.50. The number of nitrogens with zero attached hydrogens (tertiary/aromatic N) is 5. The van der Waals surface area contributed by atoms with Gasteiger partial charge in [0, 0.05) is 47.6 Å². The molecule has 0 aliphatic carbocycles. The predicted octanol–water partition coefficient (Wildman–Crippen LogP) is 5.29. The fourth-order valence-corrected chi connectivity index (χ4v) is 8.58. The summed E-state index contributed by atoms with van der Waals surface area (Å²) in [6.07, 6.45) is 3.52. The molecule has 0 radical (unpaired) electrons. The molecule has 2 aromatic carbocycles. The molecule has 8 nitrogen and oxygen atoms in total. The molecule has 5 aliphatic heterocycles. The van der Waals surface area contributed by atoms with Gasteiger partial charge in [-0.1, -0.05) is 41.9 Å². The van der Waals surface area contributed by atoms with Crippen LogP contribution < -0.4 is 19.7 Å². The van der Waals surface area contributed by atoms with Gasteiger partial charge in [-0.2, -0.15) is 9.97 Å². The Morgan fingerprint density at radius 3 is 2.88 bits per heavy atom. The summed E-state index contributed by atoms with van der Waals surface area (Å²) < 4.78 is 44.0. The summed E-state index contributed by atoms with van der Waals surface area (Å²) in [6, 6.07) is 11.9. The molecule has 43 heavy (non-hydrogen) atoms. The molecule has 0 amide bonds. The lowest BCUT2D eigenvalue weighted by Gasteiger charge is -2.40. The Hall–Kier alpha value is -3.34. The molecule has 2 bridgehead atoms. The van der Waals surface area contributed by atoms with E-state index < -0.39 is 12.0 Å². The zero-order chi connectivity index (χ0) is 28.9. The highest BCUT2D eigenvalue weighted by molar-refractivity contribution is 6.36. The summed E-state index contributed by atoms with van der Waals surface area (Å²) in [4.78, 5) is 18.8. The molecule has 4 fully saturated rings. The van der Waals surface area contributed by atoms with Gasteiger partial charge in [-0.15, -0.1) is 0 Å². The highest BCUT2D eigenvalue weighted by atomic mass is 35.5.